The summed E-state index contributed by atoms with van der Waals surface area (Å²) >= 11 is 0. The molecule has 118 valence electrons. The van der Waals surface area contributed by atoms with E-state index in [9.17, 15) is 19.7 Å². The summed E-state index contributed by atoms with van der Waals surface area (Å²) in [6.45, 7) is 0. The Morgan fingerprint density at radius 2 is 1.43 bits per heavy atom. The number of carbonyl (C=O) groups is 2. The zero-order chi connectivity index (χ0) is 16.7. The van der Waals surface area contributed by atoms with Crippen LogP contribution in [0.2, 0.25) is 0 Å². The maximum Gasteiger partial charge on any atom is 0.273 e. The Labute approximate surface area is 132 Å². The lowest BCUT2D eigenvalue weighted by atomic mass is 10.1. The van der Waals surface area contributed by atoms with E-state index in [-0.39, 0.29) is 30.0 Å². The van der Waals surface area contributed by atoms with Gasteiger partial charge >= 0.3 is 0 Å². The van der Waals surface area contributed by atoms with Crippen molar-refractivity contribution in [2.75, 3.05) is 0 Å². The van der Waals surface area contributed by atoms with Gasteiger partial charge in [-0.3, -0.25) is 30.6 Å². The predicted molar refractivity (Wildman–Crippen MR) is 83.2 cm³/mol. The van der Waals surface area contributed by atoms with Crippen LogP contribution in [0, 0.1) is 10.1 Å². The fraction of sp³-hybridized carbons (Fsp3) is 0.125. The molecule has 2 aromatic carbocycles. The van der Waals surface area contributed by atoms with Gasteiger partial charge in [0, 0.05) is 11.6 Å². The van der Waals surface area contributed by atoms with Gasteiger partial charge in [-0.15, -0.1) is 0 Å². The molecule has 2 amide bonds. The summed E-state index contributed by atoms with van der Waals surface area (Å²) < 4.78 is 0. The van der Waals surface area contributed by atoms with Gasteiger partial charge in [0.05, 0.1) is 17.8 Å². The molecule has 7 nitrogen and oxygen atoms in total. The highest BCUT2D eigenvalue weighted by molar-refractivity contribution is 5.84. The Kier molecular flexibility index (Phi) is 5.40. The van der Waals surface area contributed by atoms with Crippen molar-refractivity contribution in [3.05, 3.63) is 75.8 Å². The summed E-state index contributed by atoms with van der Waals surface area (Å²) in [6.07, 6.45) is -0.0601. The Hall–Kier alpha value is -3.22. The highest BCUT2D eigenvalue weighted by Gasteiger charge is 2.15. The van der Waals surface area contributed by atoms with Gasteiger partial charge < -0.3 is 0 Å². The standard InChI is InChI=1S/C16H15N3O4/c20-15(10-12-6-2-1-3-7-12)17-18-16(21)11-13-8-4-5-9-14(13)19(22)23/h1-9H,10-11H2,(H,17,20)(H,18,21). The summed E-state index contributed by atoms with van der Waals surface area (Å²) in [4.78, 5) is 33.8. The first-order valence-corrected chi connectivity index (χ1v) is 6.90. The van der Waals surface area contributed by atoms with Crippen LogP contribution in [0.5, 0.6) is 0 Å². The monoisotopic (exact) mass is 313 g/mol. The van der Waals surface area contributed by atoms with Crippen LogP contribution in [0.15, 0.2) is 54.6 Å². The smallest absolute Gasteiger partial charge is 0.273 e. The number of para-hydroxylation sites is 1. The molecular weight excluding hydrogens is 298 g/mol. The van der Waals surface area contributed by atoms with Gasteiger partial charge in [0.1, 0.15) is 0 Å². The Balaban J connectivity index is 1.86. The van der Waals surface area contributed by atoms with E-state index in [0.29, 0.717) is 0 Å². The maximum absolute atomic E-state index is 11.8. The zero-order valence-electron chi connectivity index (χ0n) is 12.2. The van der Waals surface area contributed by atoms with Crippen LogP contribution in [0.4, 0.5) is 5.69 Å². The molecule has 2 aromatic rings. The molecule has 0 saturated carbocycles. The van der Waals surface area contributed by atoms with Gasteiger partial charge in [-0.1, -0.05) is 48.5 Å². The van der Waals surface area contributed by atoms with Crippen molar-refractivity contribution in [2.24, 2.45) is 0 Å². The van der Waals surface area contributed by atoms with Gasteiger partial charge in [-0.2, -0.15) is 0 Å². The molecule has 0 aliphatic heterocycles. The molecule has 7 heteroatoms. The molecule has 0 atom stereocenters. The van der Waals surface area contributed by atoms with Gasteiger partial charge in [0.25, 0.3) is 5.69 Å². The molecule has 0 heterocycles. The first-order valence-electron chi connectivity index (χ1n) is 6.90. The van der Waals surface area contributed by atoms with E-state index in [1.807, 2.05) is 18.2 Å². The molecule has 23 heavy (non-hydrogen) atoms. The number of nitrogens with zero attached hydrogens (tertiary/aromatic N) is 1. The van der Waals surface area contributed by atoms with Crippen molar-refractivity contribution in [3.63, 3.8) is 0 Å². The molecule has 0 aliphatic carbocycles. The lowest BCUT2D eigenvalue weighted by molar-refractivity contribution is -0.385. The van der Waals surface area contributed by atoms with Crippen molar-refractivity contribution >= 4 is 17.5 Å². The molecule has 0 unspecified atom stereocenters. The number of amides is 2. The lowest BCUT2D eigenvalue weighted by Crippen LogP contribution is -2.43. The van der Waals surface area contributed by atoms with Crippen molar-refractivity contribution in [1.29, 1.82) is 0 Å². The predicted octanol–water partition coefficient (Wildman–Crippen LogP) is 1.53. The Morgan fingerprint density at radius 1 is 0.870 bits per heavy atom. The van der Waals surface area contributed by atoms with Crippen LogP contribution < -0.4 is 10.9 Å². The van der Waals surface area contributed by atoms with E-state index < -0.39 is 10.8 Å². The summed E-state index contributed by atoms with van der Waals surface area (Å²) in [5.41, 5.74) is 5.52. The van der Waals surface area contributed by atoms with Crippen LogP contribution in [-0.4, -0.2) is 16.7 Å². The molecule has 0 radical (unpaired) electrons. The molecule has 0 aromatic heterocycles. The van der Waals surface area contributed by atoms with Crippen molar-refractivity contribution in [3.8, 4) is 0 Å². The van der Waals surface area contributed by atoms with Crippen LogP contribution in [0.1, 0.15) is 11.1 Å². The summed E-state index contributed by atoms with van der Waals surface area (Å²) in [7, 11) is 0. The number of nitro groups is 1. The third-order valence-electron chi connectivity index (χ3n) is 3.09. The topological polar surface area (TPSA) is 101 Å². The van der Waals surface area contributed by atoms with Crippen LogP contribution in [-0.2, 0) is 22.4 Å². The fourth-order valence-corrected chi connectivity index (χ4v) is 2.02. The molecule has 0 spiro atoms. The van der Waals surface area contributed by atoms with Crippen molar-refractivity contribution < 1.29 is 14.5 Å². The fourth-order valence-electron chi connectivity index (χ4n) is 2.02. The molecule has 2 N–H and O–H groups in total. The van der Waals surface area contributed by atoms with Crippen LogP contribution in [0.25, 0.3) is 0 Å². The van der Waals surface area contributed by atoms with Crippen LogP contribution in [0.3, 0.4) is 0 Å². The number of hydrogen-bond donors (Lipinski definition) is 2. The second-order valence-corrected chi connectivity index (χ2v) is 4.82. The number of carbonyl (C=O) groups excluding carboxylic acids is 2. The summed E-state index contributed by atoms with van der Waals surface area (Å²) in [5, 5.41) is 10.9. The van der Waals surface area contributed by atoms with Crippen molar-refractivity contribution in [1.82, 2.24) is 10.9 Å². The third kappa shape index (κ3) is 4.92. The Bertz CT molecular complexity index is 716. The average molecular weight is 313 g/mol. The molecule has 0 aliphatic rings. The van der Waals surface area contributed by atoms with Crippen molar-refractivity contribution in [2.45, 2.75) is 12.8 Å². The highest BCUT2D eigenvalue weighted by Crippen LogP contribution is 2.17. The van der Waals surface area contributed by atoms with Gasteiger partial charge in [-0.25, -0.2) is 0 Å². The molecule has 0 fully saturated rings. The Morgan fingerprint density at radius 3 is 2.09 bits per heavy atom. The van der Waals surface area contributed by atoms with E-state index >= 15 is 0 Å². The van der Waals surface area contributed by atoms with E-state index in [1.165, 1.54) is 18.2 Å². The van der Waals surface area contributed by atoms with Crippen LogP contribution >= 0.6 is 0 Å². The quantitative estimate of drug-likeness (QED) is 0.645. The second-order valence-electron chi connectivity index (χ2n) is 4.82. The molecule has 2 rings (SSSR count). The van der Waals surface area contributed by atoms with E-state index in [4.69, 9.17) is 0 Å². The minimum absolute atomic E-state index is 0.127. The molecule has 0 saturated heterocycles. The van der Waals surface area contributed by atoms with Gasteiger partial charge in [0.2, 0.25) is 11.8 Å². The second kappa shape index (κ2) is 7.69. The number of nitro benzene ring substituents is 1. The SMILES string of the molecule is O=C(Cc1ccccc1)NNC(=O)Cc1ccccc1[N+](=O)[O-]. The minimum atomic E-state index is -0.545. The lowest BCUT2D eigenvalue weighted by Gasteiger charge is -2.07. The first kappa shape index (κ1) is 16.2. The van der Waals surface area contributed by atoms with E-state index in [0.717, 1.165) is 5.56 Å². The number of nitrogens with one attached hydrogen (secondary N) is 2. The minimum Gasteiger partial charge on any atom is -0.273 e. The number of rotatable bonds is 5. The summed E-state index contributed by atoms with van der Waals surface area (Å²) in [6, 6.07) is 15.1. The van der Waals surface area contributed by atoms with E-state index in [1.54, 1.807) is 18.2 Å². The summed E-state index contributed by atoms with van der Waals surface area (Å²) in [5.74, 6) is -0.896. The molecular formula is C16H15N3O4. The van der Waals surface area contributed by atoms with Gasteiger partial charge in [-0.05, 0) is 5.56 Å². The largest absolute Gasteiger partial charge is 0.273 e. The maximum atomic E-state index is 11.8. The molecule has 0 bridgehead atoms. The average Bonchev–Trinajstić information content (AvgIpc) is 2.54. The van der Waals surface area contributed by atoms with E-state index in [2.05, 4.69) is 10.9 Å². The highest BCUT2D eigenvalue weighted by atomic mass is 16.6. The normalized spacial score (nSPS) is 9.91. The zero-order valence-corrected chi connectivity index (χ0v) is 12.2. The first-order chi connectivity index (χ1) is 11.1. The number of benzene rings is 2. The third-order valence-corrected chi connectivity index (χ3v) is 3.09. The van der Waals surface area contributed by atoms with Gasteiger partial charge in [0.15, 0.2) is 0 Å². The number of hydrazine groups is 1. The number of hydrogen-bond acceptors (Lipinski definition) is 4.